The number of nitrogens with one attached hydrogen (secondary N) is 2. The van der Waals surface area contributed by atoms with Gasteiger partial charge in [-0.2, -0.15) is 0 Å². The van der Waals surface area contributed by atoms with Crippen LogP contribution in [0.4, 0.5) is 0 Å². The molecule has 0 aliphatic heterocycles. The second-order valence-electron chi connectivity index (χ2n) is 4.93. The first kappa shape index (κ1) is 16.7. The van der Waals surface area contributed by atoms with E-state index in [9.17, 15) is 9.59 Å². The molecule has 0 aliphatic rings. The van der Waals surface area contributed by atoms with Gasteiger partial charge in [-0.3, -0.25) is 9.59 Å². The second-order valence-corrected chi connectivity index (χ2v) is 6.18. The molecule has 20 heavy (non-hydrogen) atoms. The summed E-state index contributed by atoms with van der Waals surface area (Å²) < 4.78 is 0. The maximum atomic E-state index is 12.1. The first-order chi connectivity index (χ1) is 9.49. The zero-order valence-corrected chi connectivity index (χ0v) is 13.5. The van der Waals surface area contributed by atoms with Gasteiger partial charge in [-0.1, -0.05) is 20.3 Å². The average Bonchev–Trinajstić information content (AvgIpc) is 2.78. The van der Waals surface area contributed by atoms with E-state index in [-0.39, 0.29) is 11.8 Å². The molecule has 2 amide bonds. The van der Waals surface area contributed by atoms with E-state index in [4.69, 9.17) is 0 Å². The summed E-state index contributed by atoms with van der Waals surface area (Å²) in [7, 11) is 0. The van der Waals surface area contributed by atoms with E-state index in [1.807, 2.05) is 19.9 Å². The standard InChI is InChI=1S/C15H24N2O2S/c1-5-7-12-9-13(20-11(12)4)15(19)17-10(3)14(18)16-8-6-2/h9-10H,5-8H2,1-4H3,(H,16,18)(H,17,19)/t10-/m1/s1. The Bertz CT molecular complexity index is 468. The molecule has 5 heteroatoms. The minimum atomic E-state index is -0.508. The quantitative estimate of drug-likeness (QED) is 0.812. The zero-order valence-electron chi connectivity index (χ0n) is 12.7. The Morgan fingerprint density at radius 1 is 1.30 bits per heavy atom. The van der Waals surface area contributed by atoms with Gasteiger partial charge < -0.3 is 10.6 Å². The molecule has 0 aromatic carbocycles. The summed E-state index contributed by atoms with van der Waals surface area (Å²) in [6.45, 7) is 8.49. The Balaban J connectivity index is 2.62. The monoisotopic (exact) mass is 296 g/mol. The average molecular weight is 296 g/mol. The van der Waals surface area contributed by atoms with Crippen molar-refractivity contribution in [3.63, 3.8) is 0 Å². The highest BCUT2D eigenvalue weighted by molar-refractivity contribution is 7.14. The van der Waals surface area contributed by atoms with Crippen LogP contribution in [0, 0.1) is 6.92 Å². The van der Waals surface area contributed by atoms with Crippen molar-refractivity contribution in [2.24, 2.45) is 0 Å². The number of carbonyl (C=O) groups excluding carboxylic acids is 2. The van der Waals surface area contributed by atoms with Crippen molar-refractivity contribution in [3.05, 3.63) is 21.4 Å². The van der Waals surface area contributed by atoms with E-state index < -0.39 is 6.04 Å². The van der Waals surface area contributed by atoms with E-state index >= 15 is 0 Å². The lowest BCUT2D eigenvalue weighted by atomic mass is 10.1. The Kier molecular flexibility index (Phi) is 6.71. The minimum absolute atomic E-state index is 0.137. The highest BCUT2D eigenvalue weighted by atomic mass is 32.1. The minimum Gasteiger partial charge on any atom is -0.354 e. The molecule has 0 spiro atoms. The normalized spacial score (nSPS) is 12.0. The smallest absolute Gasteiger partial charge is 0.262 e. The van der Waals surface area contributed by atoms with Crippen molar-refractivity contribution in [2.45, 2.75) is 53.0 Å². The summed E-state index contributed by atoms with van der Waals surface area (Å²) in [5.74, 6) is -0.304. The lowest BCUT2D eigenvalue weighted by Gasteiger charge is -2.12. The van der Waals surface area contributed by atoms with Crippen LogP contribution in [0.3, 0.4) is 0 Å². The number of rotatable bonds is 7. The molecule has 1 aromatic heterocycles. The van der Waals surface area contributed by atoms with E-state index in [0.29, 0.717) is 11.4 Å². The highest BCUT2D eigenvalue weighted by Crippen LogP contribution is 2.22. The van der Waals surface area contributed by atoms with Crippen LogP contribution in [0.25, 0.3) is 0 Å². The van der Waals surface area contributed by atoms with Crippen LogP contribution in [0.1, 0.15) is 53.7 Å². The summed E-state index contributed by atoms with van der Waals surface area (Å²) in [5.41, 5.74) is 1.23. The summed E-state index contributed by atoms with van der Waals surface area (Å²) in [4.78, 5) is 25.7. The summed E-state index contributed by atoms with van der Waals surface area (Å²) in [6.07, 6.45) is 2.94. The largest absolute Gasteiger partial charge is 0.354 e. The van der Waals surface area contributed by atoms with Crippen LogP contribution in [0.2, 0.25) is 0 Å². The molecule has 0 radical (unpaired) electrons. The molecular weight excluding hydrogens is 272 g/mol. The molecule has 0 saturated heterocycles. The van der Waals surface area contributed by atoms with Gasteiger partial charge in [0, 0.05) is 11.4 Å². The topological polar surface area (TPSA) is 58.2 Å². The van der Waals surface area contributed by atoms with Crippen molar-refractivity contribution in [1.29, 1.82) is 0 Å². The van der Waals surface area contributed by atoms with Gasteiger partial charge in [-0.15, -0.1) is 11.3 Å². The molecule has 112 valence electrons. The molecule has 1 atom stereocenters. The maximum absolute atomic E-state index is 12.1. The Hall–Kier alpha value is -1.36. The SMILES string of the molecule is CCCNC(=O)[C@@H](C)NC(=O)c1cc(CCC)c(C)s1. The Morgan fingerprint density at radius 3 is 2.60 bits per heavy atom. The van der Waals surface area contributed by atoms with Crippen molar-refractivity contribution in [1.82, 2.24) is 10.6 Å². The number of carbonyl (C=O) groups is 2. The van der Waals surface area contributed by atoms with Crippen molar-refractivity contribution in [3.8, 4) is 0 Å². The van der Waals surface area contributed by atoms with Crippen molar-refractivity contribution < 1.29 is 9.59 Å². The molecule has 1 heterocycles. The molecule has 2 N–H and O–H groups in total. The maximum Gasteiger partial charge on any atom is 0.262 e. The molecular formula is C15H24N2O2S. The first-order valence-corrected chi connectivity index (χ1v) is 7.99. The third-order valence-corrected chi connectivity index (χ3v) is 4.15. The summed E-state index contributed by atoms with van der Waals surface area (Å²) in [6, 6.07) is 1.43. The van der Waals surface area contributed by atoms with Gasteiger partial charge in [0.25, 0.3) is 5.91 Å². The fourth-order valence-corrected chi connectivity index (χ4v) is 2.86. The van der Waals surface area contributed by atoms with Gasteiger partial charge in [0.2, 0.25) is 5.91 Å². The van der Waals surface area contributed by atoms with Crippen LogP contribution < -0.4 is 10.6 Å². The van der Waals surface area contributed by atoms with Crippen LogP contribution in [-0.4, -0.2) is 24.4 Å². The second kappa shape index (κ2) is 8.04. The van der Waals surface area contributed by atoms with Crippen LogP contribution >= 0.6 is 11.3 Å². The van der Waals surface area contributed by atoms with Gasteiger partial charge in [-0.05, 0) is 38.3 Å². The van der Waals surface area contributed by atoms with E-state index in [1.165, 1.54) is 21.8 Å². The van der Waals surface area contributed by atoms with E-state index in [1.54, 1.807) is 6.92 Å². The van der Waals surface area contributed by atoms with E-state index in [2.05, 4.69) is 17.6 Å². The molecule has 0 saturated carbocycles. The van der Waals surface area contributed by atoms with Gasteiger partial charge in [-0.25, -0.2) is 0 Å². The number of thiophene rings is 1. The van der Waals surface area contributed by atoms with Crippen molar-refractivity contribution in [2.75, 3.05) is 6.54 Å². The number of amides is 2. The van der Waals surface area contributed by atoms with E-state index in [0.717, 1.165) is 19.3 Å². The zero-order chi connectivity index (χ0) is 15.1. The van der Waals surface area contributed by atoms with Gasteiger partial charge in [0.05, 0.1) is 4.88 Å². The van der Waals surface area contributed by atoms with Crippen molar-refractivity contribution >= 4 is 23.2 Å². The molecule has 0 bridgehead atoms. The van der Waals surface area contributed by atoms with Crippen LogP contribution in [-0.2, 0) is 11.2 Å². The fourth-order valence-electron chi connectivity index (χ4n) is 1.88. The molecule has 4 nitrogen and oxygen atoms in total. The Morgan fingerprint density at radius 2 is 2.00 bits per heavy atom. The molecule has 1 rings (SSSR count). The van der Waals surface area contributed by atoms with Gasteiger partial charge in [0.15, 0.2) is 0 Å². The number of hydrogen-bond acceptors (Lipinski definition) is 3. The molecule has 0 unspecified atom stereocenters. The lowest BCUT2D eigenvalue weighted by Crippen LogP contribution is -2.44. The first-order valence-electron chi connectivity index (χ1n) is 7.17. The van der Waals surface area contributed by atoms with Gasteiger partial charge >= 0.3 is 0 Å². The molecule has 1 aromatic rings. The lowest BCUT2D eigenvalue weighted by molar-refractivity contribution is -0.122. The third-order valence-electron chi connectivity index (χ3n) is 3.05. The predicted octanol–water partition coefficient (Wildman–Crippen LogP) is 2.65. The fraction of sp³-hybridized carbons (Fsp3) is 0.600. The van der Waals surface area contributed by atoms with Gasteiger partial charge in [0.1, 0.15) is 6.04 Å². The number of hydrogen-bond donors (Lipinski definition) is 2. The summed E-state index contributed by atoms with van der Waals surface area (Å²) >= 11 is 1.49. The Labute approximate surface area is 125 Å². The third kappa shape index (κ3) is 4.63. The predicted molar refractivity (Wildman–Crippen MR) is 83.3 cm³/mol. The molecule has 0 fully saturated rings. The van der Waals surface area contributed by atoms with Crippen LogP contribution in [0.15, 0.2) is 6.07 Å². The highest BCUT2D eigenvalue weighted by Gasteiger charge is 2.18. The van der Waals surface area contributed by atoms with Crippen LogP contribution in [0.5, 0.6) is 0 Å². The molecule has 0 aliphatic carbocycles. The summed E-state index contributed by atoms with van der Waals surface area (Å²) in [5, 5.41) is 5.52. The number of aryl methyl sites for hydroxylation is 2.